The molecule has 0 radical (unpaired) electrons. The van der Waals surface area contributed by atoms with Gasteiger partial charge in [0, 0.05) is 15.7 Å². The molecule has 0 bridgehead atoms. The SMILES string of the molecule is Cc1ccc(NC(=O)c2ccc(Br)c(C)c2)cn1. The summed E-state index contributed by atoms with van der Waals surface area (Å²) in [6, 6.07) is 9.21. The monoisotopic (exact) mass is 304 g/mol. The standard InChI is InChI=1S/C14H13BrN2O/c1-9-7-11(4-6-13(9)15)14(18)17-12-5-3-10(2)16-8-12/h3-8H,1-2H3,(H,17,18). The normalized spacial score (nSPS) is 10.2. The van der Waals surface area contributed by atoms with E-state index in [-0.39, 0.29) is 5.91 Å². The number of anilines is 1. The van der Waals surface area contributed by atoms with Crippen LogP contribution in [0.5, 0.6) is 0 Å². The highest BCUT2D eigenvalue weighted by Crippen LogP contribution is 2.18. The van der Waals surface area contributed by atoms with Crippen molar-refractivity contribution in [1.82, 2.24) is 4.98 Å². The summed E-state index contributed by atoms with van der Waals surface area (Å²) in [4.78, 5) is 16.1. The molecule has 0 saturated carbocycles. The molecule has 3 nitrogen and oxygen atoms in total. The molecule has 2 aromatic rings. The van der Waals surface area contributed by atoms with Crippen LogP contribution in [0.2, 0.25) is 0 Å². The quantitative estimate of drug-likeness (QED) is 0.919. The molecule has 0 aliphatic carbocycles. The van der Waals surface area contributed by atoms with Gasteiger partial charge in [-0.25, -0.2) is 0 Å². The summed E-state index contributed by atoms with van der Waals surface area (Å²) in [6.07, 6.45) is 1.65. The van der Waals surface area contributed by atoms with Crippen molar-refractivity contribution in [3.05, 3.63) is 57.8 Å². The number of halogens is 1. The summed E-state index contributed by atoms with van der Waals surface area (Å²) >= 11 is 3.41. The van der Waals surface area contributed by atoms with Gasteiger partial charge in [0.05, 0.1) is 11.9 Å². The Labute approximate surface area is 114 Å². The molecule has 18 heavy (non-hydrogen) atoms. The number of carbonyl (C=O) groups excluding carboxylic acids is 1. The summed E-state index contributed by atoms with van der Waals surface area (Å²) in [7, 11) is 0. The fourth-order valence-electron chi connectivity index (χ4n) is 1.53. The summed E-state index contributed by atoms with van der Waals surface area (Å²) in [6.45, 7) is 3.86. The number of aryl methyl sites for hydroxylation is 2. The van der Waals surface area contributed by atoms with E-state index in [0.29, 0.717) is 11.3 Å². The Bertz CT molecular complexity index is 579. The van der Waals surface area contributed by atoms with Gasteiger partial charge in [0.25, 0.3) is 5.91 Å². The maximum atomic E-state index is 12.0. The van der Waals surface area contributed by atoms with Crippen LogP contribution < -0.4 is 5.32 Å². The molecule has 0 spiro atoms. The van der Waals surface area contributed by atoms with Crippen molar-refractivity contribution >= 4 is 27.5 Å². The van der Waals surface area contributed by atoms with Gasteiger partial charge in [0.15, 0.2) is 0 Å². The summed E-state index contributed by atoms with van der Waals surface area (Å²) in [5.41, 5.74) is 3.29. The van der Waals surface area contributed by atoms with Crippen LogP contribution in [0.25, 0.3) is 0 Å². The lowest BCUT2D eigenvalue weighted by Crippen LogP contribution is -2.12. The largest absolute Gasteiger partial charge is 0.321 e. The smallest absolute Gasteiger partial charge is 0.255 e. The molecule has 1 N–H and O–H groups in total. The van der Waals surface area contributed by atoms with Gasteiger partial charge in [-0.05, 0) is 49.7 Å². The number of amides is 1. The van der Waals surface area contributed by atoms with Gasteiger partial charge in [0.2, 0.25) is 0 Å². The molecule has 0 unspecified atom stereocenters. The van der Waals surface area contributed by atoms with Gasteiger partial charge < -0.3 is 5.32 Å². The second-order valence-corrected chi connectivity index (χ2v) is 4.96. The molecule has 0 atom stereocenters. The van der Waals surface area contributed by atoms with E-state index in [9.17, 15) is 4.79 Å². The lowest BCUT2D eigenvalue weighted by molar-refractivity contribution is 0.102. The van der Waals surface area contributed by atoms with Crippen molar-refractivity contribution in [3.63, 3.8) is 0 Å². The van der Waals surface area contributed by atoms with Crippen molar-refractivity contribution in [2.75, 3.05) is 5.32 Å². The van der Waals surface area contributed by atoms with Crippen LogP contribution in [-0.2, 0) is 0 Å². The zero-order chi connectivity index (χ0) is 13.1. The summed E-state index contributed by atoms with van der Waals surface area (Å²) in [5.74, 6) is -0.128. The molecule has 1 amide bonds. The highest BCUT2D eigenvalue weighted by Gasteiger charge is 2.07. The van der Waals surface area contributed by atoms with E-state index in [1.54, 1.807) is 12.3 Å². The molecule has 92 valence electrons. The van der Waals surface area contributed by atoms with Crippen LogP contribution in [0.15, 0.2) is 41.0 Å². The Morgan fingerprint density at radius 2 is 2.00 bits per heavy atom. The minimum Gasteiger partial charge on any atom is -0.321 e. The Hall–Kier alpha value is -1.68. The molecule has 4 heteroatoms. The Balaban J connectivity index is 2.16. The van der Waals surface area contributed by atoms with E-state index >= 15 is 0 Å². The summed E-state index contributed by atoms with van der Waals surface area (Å²) in [5, 5.41) is 2.82. The van der Waals surface area contributed by atoms with E-state index in [1.165, 1.54) is 0 Å². The van der Waals surface area contributed by atoms with E-state index in [1.807, 2.05) is 38.1 Å². The van der Waals surface area contributed by atoms with Crippen molar-refractivity contribution in [3.8, 4) is 0 Å². The Morgan fingerprint density at radius 1 is 1.22 bits per heavy atom. The van der Waals surface area contributed by atoms with Gasteiger partial charge in [-0.2, -0.15) is 0 Å². The third-order valence-electron chi connectivity index (χ3n) is 2.59. The molecule has 1 aromatic carbocycles. The minimum absolute atomic E-state index is 0.128. The Morgan fingerprint density at radius 3 is 2.61 bits per heavy atom. The van der Waals surface area contributed by atoms with Crippen LogP contribution in [-0.4, -0.2) is 10.9 Å². The van der Waals surface area contributed by atoms with E-state index in [0.717, 1.165) is 15.7 Å². The number of pyridine rings is 1. The zero-order valence-electron chi connectivity index (χ0n) is 10.2. The molecule has 0 aliphatic rings. The topological polar surface area (TPSA) is 42.0 Å². The second-order valence-electron chi connectivity index (χ2n) is 4.11. The lowest BCUT2D eigenvalue weighted by Gasteiger charge is -2.06. The molecule has 0 fully saturated rings. The Kier molecular flexibility index (Phi) is 3.77. The van der Waals surface area contributed by atoms with Crippen LogP contribution in [0.3, 0.4) is 0 Å². The lowest BCUT2D eigenvalue weighted by atomic mass is 10.1. The van der Waals surface area contributed by atoms with Gasteiger partial charge in [-0.15, -0.1) is 0 Å². The van der Waals surface area contributed by atoms with Crippen molar-refractivity contribution in [2.24, 2.45) is 0 Å². The number of carbonyl (C=O) groups is 1. The fourth-order valence-corrected chi connectivity index (χ4v) is 1.78. The van der Waals surface area contributed by atoms with E-state index in [4.69, 9.17) is 0 Å². The maximum Gasteiger partial charge on any atom is 0.255 e. The number of hydrogen-bond donors (Lipinski definition) is 1. The van der Waals surface area contributed by atoms with Crippen LogP contribution in [0, 0.1) is 13.8 Å². The average Bonchev–Trinajstić information content (AvgIpc) is 2.35. The third kappa shape index (κ3) is 2.96. The predicted octanol–water partition coefficient (Wildman–Crippen LogP) is 3.71. The van der Waals surface area contributed by atoms with Gasteiger partial charge in [-0.1, -0.05) is 15.9 Å². The first-order chi connectivity index (χ1) is 8.56. The van der Waals surface area contributed by atoms with E-state index < -0.39 is 0 Å². The van der Waals surface area contributed by atoms with Gasteiger partial charge in [0.1, 0.15) is 0 Å². The number of benzene rings is 1. The number of hydrogen-bond acceptors (Lipinski definition) is 2. The van der Waals surface area contributed by atoms with Crippen molar-refractivity contribution in [2.45, 2.75) is 13.8 Å². The first-order valence-corrected chi connectivity index (χ1v) is 6.36. The molecule has 0 saturated heterocycles. The molecular weight excluding hydrogens is 292 g/mol. The van der Waals surface area contributed by atoms with Gasteiger partial charge >= 0.3 is 0 Å². The number of nitrogens with zero attached hydrogens (tertiary/aromatic N) is 1. The zero-order valence-corrected chi connectivity index (χ0v) is 11.8. The highest BCUT2D eigenvalue weighted by atomic mass is 79.9. The molecule has 2 rings (SSSR count). The van der Waals surface area contributed by atoms with Gasteiger partial charge in [-0.3, -0.25) is 9.78 Å². The first-order valence-electron chi connectivity index (χ1n) is 5.56. The number of rotatable bonds is 2. The average molecular weight is 305 g/mol. The molecule has 1 heterocycles. The number of nitrogens with one attached hydrogen (secondary N) is 1. The molecule has 1 aromatic heterocycles. The minimum atomic E-state index is -0.128. The molecular formula is C14H13BrN2O. The third-order valence-corrected chi connectivity index (χ3v) is 3.48. The first kappa shape index (κ1) is 12.8. The highest BCUT2D eigenvalue weighted by molar-refractivity contribution is 9.10. The van der Waals surface area contributed by atoms with Crippen molar-refractivity contribution < 1.29 is 4.79 Å². The molecule has 0 aliphatic heterocycles. The predicted molar refractivity (Wildman–Crippen MR) is 75.8 cm³/mol. The number of aromatic nitrogens is 1. The van der Waals surface area contributed by atoms with Crippen LogP contribution >= 0.6 is 15.9 Å². The fraction of sp³-hybridized carbons (Fsp3) is 0.143. The van der Waals surface area contributed by atoms with Crippen LogP contribution in [0.4, 0.5) is 5.69 Å². The summed E-state index contributed by atoms with van der Waals surface area (Å²) < 4.78 is 0.996. The van der Waals surface area contributed by atoms with E-state index in [2.05, 4.69) is 26.2 Å². The van der Waals surface area contributed by atoms with Crippen molar-refractivity contribution in [1.29, 1.82) is 0 Å². The second kappa shape index (κ2) is 5.31. The van der Waals surface area contributed by atoms with Crippen LogP contribution in [0.1, 0.15) is 21.6 Å². The maximum absolute atomic E-state index is 12.0.